The molecule has 1 amide bonds. The van der Waals surface area contributed by atoms with E-state index in [0.29, 0.717) is 23.2 Å². The first-order valence-corrected chi connectivity index (χ1v) is 9.09. The minimum absolute atomic E-state index is 0.00414. The first-order valence-electron chi connectivity index (χ1n) is 8.27. The molecule has 0 saturated carbocycles. The molecule has 2 aromatic heterocycles. The molecule has 7 heteroatoms. The van der Waals surface area contributed by atoms with Crippen LogP contribution in [-0.4, -0.2) is 32.5 Å². The molecule has 1 aliphatic heterocycles. The quantitative estimate of drug-likeness (QED) is 0.715. The van der Waals surface area contributed by atoms with E-state index < -0.39 is 0 Å². The number of aromatic nitrogens is 3. The Morgan fingerprint density at radius 2 is 2.04 bits per heavy atom. The molecular formula is C18H18N4O2S. The second-order valence-corrected chi connectivity index (χ2v) is 7.11. The molecule has 1 aliphatic rings. The van der Waals surface area contributed by atoms with Crippen molar-refractivity contribution in [2.75, 3.05) is 6.54 Å². The Hall–Kier alpha value is -2.54. The minimum atomic E-state index is -0.143. The molecule has 1 fully saturated rings. The maximum atomic E-state index is 13.1. The second kappa shape index (κ2) is 6.40. The Bertz CT molecular complexity index is 903. The van der Waals surface area contributed by atoms with E-state index in [1.165, 1.54) is 11.3 Å². The standard InChI is InChI=1S/C18H18N4O2S/c1-11-15(25-17(19-11)13-7-4-3-5-8-13)18(23)22-10-6-9-14(22)16-21-20-12(2)24-16/h3-5,7-8,14H,6,9-10H2,1-2H3/t14-/m0/s1. The van der Waals surface area contributed by atoms with Crippen LogP contribution in [0, 0.1) is 13.8 Å². The van der Waals surface area contributed by atoms with E-state index in [2.05, 4.69) is 15.2 Å². The summed E-state index contributed by atoms with van der Waals surface area (Å²) in [5.74, 6) is 1.04. The highest BCUT2D eigenvalue weighted by atomic mass is 32.1. The van der Waals surface area contributed by atoms with E-state index in [0.717, 1.165) is 29.1 Å². The summed E-state index contributed by atoms with van der Waals surface area (Å²) in [6.45, 7) is 4.35. The number of likely N-dealkylation sites (tertiary alicyclic amines) is 1. The maximum absolute atomic E-state index is 13.1. The molecule has 4 rings (SSSR count). The molecule has 6 nitrogen and oxygen atoms in total. The Kier molecular flexibility index (Phi) is 4.09. The van der Waals surface area contributed by atoms with Crippen LogP contribution >= 0.6 is 11.3 Å². The molecule has 1 saturated heterocycles. The summed E-state index contributed by atoms with van der Waals surface area (Å²) in [7, 11) is 0. The number of hydrogen-bond donors (Lipinski definition) is 0. The highest BCUT2D eigenvalue weighted by molar-refractivity contribution is 7.17. The fourth-order valence-electron chi connectivity index (χ4n) is 3.14. The predicted octanol–water partition coefficient (Wildman–Crippen LogP) is 3.79. The number of carbonyl (C=O) groups is 1. The Balaban J connectivity index is 1.63. The molecule has 0 spiro atoms. The third-order valence-electron chi connectivity index (χ3n) is 4.35. The Morgan fingerprint density at radius 1 is 1.24 bits per heavy atom. The number of aryl methyl sites for hydroxylation is 2. The van der Waals surface area contributed by atoms with E-state index >= 15 is 0 Å². The van der Waals surface area contributed by atoms with Crippen LogP contribution in [-0.2, 0) is 0 Å². The normalized spacial score (nSPS) is 17.2. The van der Waals surface area contributed by atoms with Gasteiger partial charge < -0.3 is 9.32 Å². The van der Waals surface area contributed by atoms with Crippen LogP contribution in [0.1, 0.15) is 46.0 Å². The zero-order valence-electron chi connectivity index (χ0n) is 14.1. The van der Waals surface area contributed by atoms with Crippen molar-refractivity contribution in [3.8, 4) is 10.6 Å². The number of benzene rings is 1. The lowest BCUT2D eigenvalue weighted by atomic mass is 10.2. The van der Waals surface area contributed by atoms with Gasteiger partial charge in [0.2, 0.25) is 11.8 Å². The first kappa shape index (κ1) is 16.0. The SMILES string of the molecule is Cc1nnc([C@@H]2CCCN2C(=O)c2sc(-c3ccccc3)nc2C)o1. The third-order valence-corrected chi connectivity index (χ3v) is 5.55. The summed E-state index contributed by atoms with van der Waals surface area (Å²) >= 11 is 1.44. The smallest absolute Gasteiger partial charge is 0.266 e. The average molecular weight is 354 g/mol. The van der Waals surface area contributed by atoms with Gasteiger partial charge in [-0.25, -0.2) is 4.98 Å². The number of nitrogens with zero attached hydrogens (tertiary/aromatic N) is 4. The minimum Gasteiger partial charge on any atom is -0.423 e. The van der Waals surface area contributed by atoms with Crippen LogP contribution in [0.4, 0.5) is 0 Å². The molecule has 128 valence electrons. The van der Waals surface area contributed by atoms with Crippen molar-refractivity contribution in [2.45, 2.75) is 32.7 Å². The van der Waals surface area contributed by atoms with Gasteiger partial charge in [0, 0.05) is 19.0 Å². The van der Waals surface area contributed by atoms with Crippen LogP contribution in [0.25, 0.3) is 10.6 Å². The molecule has 1 aromatic carbocycles. The van der Waals surface area contributed by atoms with Gasteiger partial charge in [-0.05, 0) is 19.8 Å². The van der Waals surface area contributed by atoms with Gasteiger partial charge in [0.15, 0.2) is 0 Å². The van der Waals surface area contributed by atoms with Crippen molar-refractivity contribution in [3.63, 3.8) is 0 Å². The first-order chi connectivity index (χ1) is 12.1. The number of thiazole rings is 1. The number of amides is 1. The zero-order chi connectivity index (χ0) is 17.4. The van der Waals surface area contributed by atoms with Crippen molar-refractivity contribution in [1.29, 1.82) is 0 Å². The maximum Gasteiger partial charge on any atom is 0.266 e. The second-order valence-electron chi connectivity index (χ2n) is 6.12. The molecule has 25 heavy (non-hydrogen) atoms. The van der Waals surface area contributed by atoms with Crippen molar-refractivity contribution < 1.29 is 9.21 Å². The highest BCUT2D eigenvalue weighted by Gasteiger charge is 2.35. The van der Waals surface area contributed by atoms with Crippen LogP contribution in [0.2, 0.25) is 0 Å². The van der Waals surface area contributed by atoms with Gasteiger partial charge in [-0.3, -0.25) is 4.79 Å². The van der Waals surface area contributed by atoms with Gasteiger partial charge in [-0.2, -0.15) is 0 Å². The average Bonchev–Trinajstić information content (AvgIpc) is 3.34. The van der Waals surface area contributed by atoms with Gasteiger partial charge in [-0.1, -0.05) is 30.3 Å². The molecule has 0 aliphatic carbocycles. The van der Waals surface area contributed by atoms with Gasteiger partial charge in [-0.15, -0.1) is 21.5 Å². The molecular weight excluding hydrogens is 336 g/mol. The molecule has 0 unspecified atom stereocenters. The molecule has 0 N–H and O–H groups in total. The van der Waals surface area contributed by atoms with Crippen molar-refractivity contribution in [3.05, 3.63) is 52.7 Å². The van der Waals surface area contributed by atoms with Crippen molar-refractivity contribution >= 4 is 17.2 Å². The summed E-state index contributed by atoms with van der Waals surface area (Å²) in [4.78, 5) is 20.2. The summed E-state index contributed by atoms with van der Waals surface area (Å²) in [5, 5.41) is 8.87. The van der Waals surface area contributed by atoms with Crippen LogP contribution in [0.5, 0.6) is 0 Å². The summed E-state index contributed by atoms with van der Waals surface area (Å²) in [6.07, 6.45) is 1.78. The third kappa shape index (κ3) is 2.95. The Labute approximate surface area is 149 Å². The molecule has 0 radical (unpaired) electrons. The molecule has 1 atom stereocenters. The van der Waals surface area contributed by atoms with E-state index in [4.69, 9.17) is 4.42 Å². The van der Waals surface area contributed by atoms with Gasteiger partial charge in [0.25, 0.3) is 5.91 Å². The van der Waals surface area contributed by atoms with Gasteiger partial charge in [0.1, 0.15) is 15.9 Å². The lowest BCUT2D eigenvalue weighted by Gasteiger charge is -2.21. The van der Waals surface area contributed by atoms with Crippen molar-refractivity contribution in [1.82, 2.24) is 20.1 Å². The largest absolute Gasteiger partial charge is 0.423 e. The number of hydrogen-bond acceptors (Lipinski definition) is 6. The fraction of sp³-hybridized carbons (Fsp3) is 0.333. The molecule has 3 heterocycles. The van der Waals surface area contributed by atoms with Gasteiger partial charge >= 0.3 is 0 Å². The lowest BCUT2D eigenvalue weighted by Crippen LogP contribution is -2.30. The van der Waals surface area contributed by atoms with E-state index in [9.17, 15) is 4.79 Å². The van der Waals surface area contributed by atoms with Crippen LogP contribution in [0.15, 0.2) is 34.7 Å². The van der Waals surface area contributed by atoms with E-state index in [-0.39, 0.29) is 11.9 Å². The number of rotatable bonds is 3. The fourth-order valence-corrected chi connectivity index (χ4v) is 4.17. The summed E-state index contributed by atoms with van der Waals surface area (Å²) < 4.78 is 5.56. The zero-order valence-corrected chi connectivity index (χ0v) is 14.9. The van der Waals surface area contributed by atoms with E-state index in [1.807, 2.05) is 42.2 Å². The van der Waals surface area contributed by atoms with Gasteiger partial charge in [0.05, 0.1) is 5.69 Å². The van der Waals surface area contributed by atoms with Crippen molar-refractivity contribution in [2.24, 2.45) is 0 Å². The monoisotopic (exact) mass is 354 g/mol. The van der Waals surface area contributed by atoms with Crippen LogP contribution < -0.4 is 0 Å². The predicted molar refractivity (Wildman–Crippen MR) is 94.3 cm³/mol. The highest BCUT2D eigenvalue weighted by Crippen LogP contribution is 2.35. The molecule has 0 bridgehead atoms. The topological polar surface area (TPSA) is 72.1 Å². The summed E-state index contributed by atoms with van der Waals surface area (Å²) in [6, 6.07) is 9.79. The van der Waals surface area contributed by atoms with E-state index in [1.54, 1.807) is 6.92 Å². The molecule has 3 aromatic rings. The lowest BCUT2D eigenvalue weighted by molar-refractivity contribution is 0.0718. The summed E-state index contributed by atoms with van der Waals surface area (Å²) in [5.41, 5.74) is 1.79. The van der Waals surface area contributed by atoms with Crippen LogP contribution in [0.3, 0.4) is 0 Å². The Morgan fingerprint density at radius 3 is 2.76 bits per heavy atom. The number of carbonyl (C=O) groups excluding carboxylic acids is 1.